The van der Waals surface area contributed by atoms with E-state index in [0.717, 1.165) is 22.5 Å². The zero-order valence-corrected chi connectivity index (χ0v) is 9.93. The third-order valence-electron chi connectivity index (χ3n) is 3.10. The Morgan fingerprint density at radius 1 is 1.07 bits per heavy atom. The average molecular weight is 193 g/mol. The van der Waals surface area contributed by atoms with Crippen LogP contribution in [0.5, 0.6) is 0 Å². The summed E-state index contributed by atoms with van der Waals surface area (Å²) < 4.78 is 2.10. The van der Waals surface area contributed by atoms with Crippen molar-refractivity contribution in [2.24, 2.45) is 7.05 Å². The van der Waals surface area contributed by atoms with Crippen molar-refractivity contribution >= 4 is 0 Å². The summed E-state index contributed by atoms with van der Waals surface area (Å²) in [6, 6.07) is 0. The van der Waals surface area contributed by atoms with E-state index >= 15 is 0 Å². The molecule has 0 aliphatic carbocycles. The minimum absolute atomic E-state index is 0.216. The Bertz CT molecular complexity index is 413. The van der Waals surface area contributed by atoms with Gasteiger partial charge in [-0.15, -0.1) is 0 Å². The summed E-state index contributed by atoms with van der Waals surface area (Å²) in [5.74, 6) is 0.299. The smallest absolute Gasteiger partial charge is 0.188 e. The number of hydrogen-bond acceptors (Lipinski definition) is 1. The molecular weight excluding hydrogens is 174 g/mol. The fourth-order valence-electron chi connectivity index (χ4n) is 1.89. The summed E-state index contributed by atoms with van der Waals surface area (Å²) in [6.45, 7) is 10.1. The standard InChI is InChI=1S/C12H19NO/c1-7(2)11-10(5)13(6)9(4)8(3)12(11)14/h7H,1-6H3. The summed E-state index contributed by atoms with van der Waals surface area (Å²) in [5, 5.41) is 0. The fourth-order valence-corrected chi connectivity index (χ4v) is 1.89. The van der Waals surface area contributed by atoms with Crippen LogP contribution in [-0.4, -0.2) is 4.57 Å². The van der Waals surface area contributed by atoms with E-state index in [1.807, 2.05) is 27.8 Å². The molecule has 2 heteroatoms. The zero-order valence-electron chi connectivity index (χ0n) is 9.93. The molecule has 14 heavy (non-hydrogen) atoms. The van der Waals surface area contributed by atoms with Crippen LogP contribution in [0.2, 0.25) is 0 Å². The van der Waals surface area contributed by atoms with Crippen molar-refractivity contribution < 1.29 is 0 Å². The van der Waals surface area contributed by atoms with Gasteiger partial charge < -0.3 is 4.57 Å². The van der Waals surface area contributed by atoms with Crippen LogP contribution in [0.1, 0.15) is 42.3 Å². The number of hydrogen-bond donors (Lipinski definition) is 0. The van der Waals surface area contributed by atoms with Crippen molar-refractivity contribution in [2.75, 3.05) is 0 Å². The first kappa shape index (κ1) is 11.0. The highest BCUT2D eigenvalue weighted by atomic mass is 16.1. The van der Waals surface area contributed by atoms with Crippen LogP contribution in [-0.2, 0) is 7.05 Å². The van der Waals surface area contributed by atoms with E-state index in [4.69, 9.17) is 0 Å². The third kappa shape index (κ3) is 1.49. The average Bonchev–Trinajstić information content (AvgIpc) is 2.11. The van der Waals surface area contributed by atoms with Gasteiger partial charge in [-0.05, 0) is 26.7 Å². The first-order chi connectivity index (χ1) is 6.37. The molecular formula is C12H19NO. The maximum atomic E-state index is 12.0. The molecule has 1 heterocycles. The molecule has 78 valence electrons. The van der Waals surface area contributed by atoms with E-state index in [-0.39, 0.29) is 5.43 Å². The lowest BCUT2D eigenvalue weighted by molar-refractivity contribution is 0.742. The molecule has 0 amide bonds. The zero-order chi connectivity index (χ0) is 11.0. The summed E-state index contributed by atoms with van der Waals surface area (Å²) in [7, 11) is 2.02. The second kappa shape index (κ2) is 3.60. The van der Waals surface area contributed by atoms with Crippen molar-refractivity contribution in [2.45, 2.75) is 40.5 Å². The van der Waals surface area contributed by atoms with Gasteiger partial charge in [-0.25, -0.2) is 0 Å². The largest absolute Gasteiger partial charge is 0.351 e. The first-order valence-electron chi connectivity index (χ1n) is 5.04. The van der Waals surface area contributed by atoms with Crippen molar-refractivity contribution in [3.8, 4) is 0 Å². The summed E-state index contributed by atoms with van der Waals surface area (Å²) >= 11 is 0. The molecule has 0 aromatic carbocycles. The normalized spacial score (nSPS) is 11.1. The molecule has 0 radical (unpaired) electrons. The summed E-state index contributed by atoms with van der Waals surface area (Å²) in [6.07, 6.45) is 0. The van der Waals surface area contributed by atoms with Crippen LogP contribution in [0.4, 0.5) is 0 Å². The number of rotatable bonds is 1. The SMILES string of the molecule is Cc1c(C)n(C)c(C)c(C(C)C)c1=O. The van der Waals surface area contributed by atoms with E-state index in [1.54, 1.807) is 0 Å². The Morgan fingerprint density at radius 3 is 2.00 bits per heavy atom. The van der Waals surface area contributed by atoms with Crippen molar-refractivity contribution in [1.29, 1.82) is 0 Å². The van der Waals surface area contributed by atoms with Crippen LogP contribution < -0.4 is 5.43 Å². The molecule has 0 unspecified atom stereocenters. The highest BCUT2D eigenvalue weighted by Crippen LogP contribution is 2.17. The number of aromatic nitrogens is 1. The third-order valence-corrected chi connectivity index (χ3v) is 3.10. The highest BCUT2D eigenvalue weighted by Gasteiger charge is 2.14. The molecule has 0 fully saturated rings. The lowest BCUT2D eigenvalue weighted by atomic mass is 9.98. The van der Waals surface area contributed by atoms with Crippen LogP contribution in [0.15, 0.2) is 4.79 Å². The first-order valence-corrected chi connectivity index (χ1v) is 5.04. The Labute approximate surface area is 85.6 Å². The predicted octanol–water partition coefficient (Wildman–Crippen LogP) is 2.43. The van der Waals surface area contributed by atoms with Crippen LogP contribution in [0.25, 0.3) is 0 Å². The second-order valence-electron chi connectivity index (χ2n) is 4.25. The highest BCUT2D eigenvalue weighted by molar-refractivity contribution is 5.32. The Morgan fingerprint density at radius 2 is 1.57 bits per heavy atom. The molecule has 1 rings (SSSR count). The maximum absolute atomic E-state index is 12.0. The van der Waals surface area contributed by atoms with Gasteiger partial charge in [0.15, 0.2) is 5.43 Å². The van der Waals surface area contributed by atoms with Crippen molar-refractivity contribution in [3.63, 3.8) is 0 Å². The molecule has 0 N–H and O–H groups in total. The Balaban J connectivity index is 3.69. The van der Waals surface area contributed by atoms with Gasteiger partial charge in [-0.1, -0.05) is 13.8 Å². The molecule has 0 bridgehead atoms. The minimum Gasteiger partial charge on any atom is -0.351 e. The minimum atomic E-state index is 0.216. The van der Waals surface area contributed by atoms with Crippen molar-refractivity contribution in [1.82, 2.24) is 4.57 Å². The topological polar surface area (TPSA) is 22.0 Å². The van der Waals surface area contributed by atoms with Gasteiger partial charge in [0.05, 0.1) is 0 Å². The van der Waals surface area contributed by atoms with Crippen LogP contribution in [0, 0.1) is 20.8 Å². The Kier molecular flexibility index (Phi) is 2.84. The quantitative estimate of drug-likeness (QED) is 0.671. The number of pyridine rings is 1. The summed E-state index contributed by atoms with van der Waals surface area (Å²) in [4.78, 5) is 12.0. The lowest BCUT2D eigenvalue weighted by Gasteiger charge is -2.17. The molecule has 0 atom stereocenters. The summed E-state index contributed by atoms with van der Waals surface area (Å²) in [5.41, 5.74) is 4.20. The fraction of sp³-hybridized carbons (Fsp3) is 0.583. The van der Waals surface area contributed by atoms with Gasteiger partial charge in [0.1, 0.15) is 0 Å². The molecule has 1 aromatic heterocycles. The van der Waals surface area contributed by atoms with Crippen molar-refractivity contribution in [3.05, 3.63) is 32.7 Å². The van der Waals surface area contributed by atoms with E-state index in [0.29, 0.717) is 5.92 Å². The molecule has 0 aliphatic heterocycles. The molecule has 1 aromatic rings. The van der Waals surface area contributed by atoms with E-state index < -0.39 is 0 Å². The maximum Gasteiger partial charge on any atom is 0.188 e. The van der Waals surface area contributed by atoms with Crippen LogP contribution in [0.3, 0.4) is 0 Å². The predicted molar refractivity (Wildman–Crippen MR) is 60.0 cm³/mol. The molecule has 0 spiro atoms. The lowest BCUT2D eigenvalue weighted by Crippen LogP contribution is -2.22. The van der Waals surface area contributed by atoms with Gasteiger partial charge in [0.2, 0.25) is 0 Å². The molecule has 2 nitrogen and oxygen atoms in total. The van der Waals surface area contributed by atoms with Gasteiger partial charge in [0.25, 0.3) is 0 Å². The molecule has 0 saturated heterocycles. The van der Waals surface area contributed by atoms with Gasteiger partial charge in [-0.3, -0.25) is 4.79 Å². The van der Waals surface area contributed by atoms with E-state index in [9.17, 15) is 4.79 Å². The van der Waals surface area contributed by atoms with Gasteiger partial charge in [-0.2, -0.15) is 0 Å². The second-order valence-corrected chi connectivity index (χ2v) is 4.25. The number of nitrogens with zero attached hydrogens (tertiary/aromatic N) is 1. The van der Waals surface area contributed by atoms with E-state index in [1.165, 1.54) is 0 Å². The molecule has 0 saturated carbocycles. The monoisotopic (exact) mass is 193 g/mol. The Hall–Kier alpha value is -1.05. The van der Waals surface area contributed by atoms with Gasteiger partial charge in [0, 0.05) is 29.6 Å². The van der Waals surface area contributed by atoms with Crippen LogP contribution >= 0.6 is 0 Å². The van der Waals surface area contributed by atoms with Gasteiger partial charge >= 0.3 is 0 Å². The molecule has 0 aliphatic rings. The van der Waals surface area contributed by atoms with E-state index in [2.05, 4.69) is 18.4 Å².